The fourth-order valence-electron chi connectivity index (χ4n) is 3.63. The number of nitrogens with zero attached hydrogens (tertiary/aromatic N) is 1. The lowest BCUT2D eigenvalue weighted by molar-refractivity contribution is 0.0724. The number of hydrogen-bond acceptors (Lipinski definition) is 2. The number of anilines is 1. The van der Waals surface area contributed by atoms with Crippen LogP contribution in [0.4, 0.5) is 5.69 Å². The van der Waals surface area contributed by atoms with E-state index in [1.807, 2.05) is 65.6 Å². The van der Waals surface area contributed by atoms with Crippen LogP contribution in [0.15, 0.2) is 66.7 Å². The number of likely N-dealkylation sites (tertiary alicyclic amines) is 1. The molecule has 1 heterocycles. The maximum atomic E-state index is 12.8. The zero-order chi connectivity index (χ0) is 18.6. The largest absolute Gasteiger partial charge is 0.339 e. The summed E-state index contributed by atoms with van der Waals surface area (Å²) in [6, 6.07) is 20.7. The first-order chi connectivity index (χ1) is 13.2. The molecule has 0 atom stereocenters. The van der Waals surface area contributed by atoms with Gasteiger partial charge in [0.1, 0.15) is 0 Å². The van der Waals surface area contributed by atoms with Crippen molar-refractivity contribution in [3.05, 3.63) is 77.9 Å². The van der Waals surface area contributed by atoms with Crippen LogP contribution in [0, 0.1) is 0 Å². The van der Waals surface area contributed by atoms with E-state index in [2.05, 4.69) is 5.32 Å². The summed E-state index contributed by atoms with van der Waals surface area (Å²) < 4.78 is 0. The summed E-state index contributed by atoms with van der Waals surface area (Å²) in [5.74, 6) is -0.134. The molecule has 0 unspecified atom stereocenters. The summed E-state index contributed by atoms with van der Waals surface area (Å²) in [6.07, 6.45) is 3.30. The predicted molar refractivity (Wildman–Crippen MR) is 108 cm³/mol. The molecule has 0 bridgehead atoms. The second-order valence-electron chi connectivity index (χ2n) is 6.91. The Morgan fingerprint density at radius 3 is 2.41 bits per heavy atom. The van der Waals surface area contributed by atoms with Gasteiger partial charge in [-0.05, 0) is 54.3 Å². The second-order valence-corrected chi connectivity index (χ2v) is 6.91. The number of nitrogens with one attached hydrogen (secondary N) is 1. The average Bonchev–Trinajstić information content (AvgIpc) is 2.73. The summed E-state index contributed by atoms with van der Waals surface area (Å²) in [7, 11) is 0. The number of amides is 2. The third-order valence-electron chi connectivity index (χ3n) is 5.04. The molecule has 0 spiro atoms. The van der Waals surface area contributed by atoms with Crippen LogP contribution < -0.4 is 5.32 Å². The molecule has 3 aromatic carbocycles. The molecule has 136 valence electrons. The molecular formula is C23H22N2O2. The minimum Gasteiger partial charge on any atom is -0.339 e. The van der Waals surface area contributed by atoms with Crippen LogP contribution in [0.3, 0.4) is 0 Å². The smallest absolute Gasteiger partial charge is 0.256 e. The highest BCUT2D eigenvalue weighted by molar-refractivity contribution is 6.13. The van der Waals surface area contributed by atoms with Gasteiger partial charge in [0.15, 0.2) is 0 Å². The molecule has 2 amide bonds. The molecule has 4 rings (SSSR count). The second kappa shape index (κ2) is 7.62. The van der Waals surface area contributed by atoms with Crippen LogP contribution in [-0.4, -0.2) is 29.8 Å². The molecule has 1 N–H and O–H groups in total. The fraction of sp³-hybridized carbons (Fsp3) is 0.217. The monoisotopic (exact) mass is 358 g/mol. The molecule has 3 aromatic rings. The van der Waals surface area contributed by atoms with E-state index in [0.29, 0.717) is 16.8 Å². The predicted octanol–water partition coefficient (Wildman–Crippen LogP) is 4.72. The first-order valence-electron chi connectivity index (χ1n) is 9.41. The van der Waals surface area contributed by atoms with E-state index in [-0.39, 0.29) is 11.8 Å². The Morgan fingerprint density at radius 2 is 1.56 bits per heavy atom. The quantitative estimate of drug-likeness (QED) is 0.736. The summed E-state index contributed by atoms with van der Waals surface area (Å²) in [5, 5.41) is 4.88. The molecule has 0 saturated carbocycles. The number of hydrogen-bond donors (Lipinski definition) is 1. The molecule has 4 nitrogen and oxygen atoms in total. The Balaban J connectivity index is 1.55. The van der Waals surface area contributed by atoms with Crippen molar-refractivity contribution in [3.8, 4) is 0 Å². The van der Waals surface area contributed by atoms with E-state index in [1.54, 1.807) is 6.07 Å². The first-order valence-corrected chi connectivity index (χ1v) is 9.41. The average molecular weight is 358 g/mol. The Labute approximate surface area is 158 Å². The van der Waals surface area contributed by atoms with Crippen molar-refractivity contribution in [2.24, 2.45) is 0 Å². The molecule has 0 aliphatic carbocycles. The minimum absolute atomic E-state index is 0.0379. The van der Waals surface area contributed by atoms with Crippen molar-refractivity contribution < 1.29 is 9.59 Å². The van der Waals surface area contributed by atoms with Gasteiger partial charge >= 0.3 is 0 Å². The highest BCUT2D eigenvalue weighted by atomic mass is 16.2. The minimum atomic E-state index is -0.172. The van der Waals surface area contributed by atoms with Crippen LogP contribution in [0.2, 0.25) is 0 Å². The molecule has 0 aromatic heterocycles. The van der Waals surface area contributed by atoms with Gasteiger partial charge < -0.3 is 10.2 Å². The Kier molecular flexibility index (Phi) is 4.88. The molecule has 1 fully saturated rings. The zero-order valence-electron chi connectivity index (χ0n) is 15.2. The summed E-state index contributed by atoms with van der Waals surface area (Å²) in [4.78, 5) is 27.4. The third kappa shape index (κ3) is 3.70. The van der Waals surface area contributed by atoms with Crippen LogP contribution in [0.1, 0.15) is 40.0 Å². The van der Waals surface area contributed by atoms with E-state index in [9.17, 15) is 9.59 Å². The Morgan fingerprint density at radius 1 is 0.815 bits per heavy atom. The fourth-order valence-corrected chi connectivity index (χ4v) is 3.63. The van der Waals surface area contributed by atoms with Crippen LogP contribution in [0.25, 0.3) is 10.8 Å². The summed E-state index contributed by atoms with van der Waals surface area (Å²) in [5.41, 5.74) is 1.88. The molecule has 1 aliphatic heterocycles. The summed E-state index contributed by atoms with van der Waals surface area (Å²) >= 11 is 0. The van der Waals surface area contributed by atoms with Gasteiger partial charge in [-0.25, -0.2) is 0 Å². The van der Waals surface area contributed by atoms with Crippen LogP contribution in [-0.2, 0) is 0 Å². The number of piperidine rings is 1. The first kappa shape index (κ1) is 17.3. The number of benzene rings is 3. The van der Waals surface area contributed by atoms with Gasteiger partial charge in [-0.2, -0.15) is 0 Å². The normalized spacial score (nSPS) is 14.1. The van der Waals surface area contributed by atoms with Gasteiger partial charge in [-0.3, -0.25) is 9.59 Å². The van der Waals surface area contributed by atoms with Crippen molar-refractivity contribution in [1.82, 2.24) is 4.90 Å². The molecule has 4 heteroatoms. The van der Waals surface area contributed by atoms with E-state index in [1.165, 1.54) is 6.42 Å². The number of carbonyl (C=O) groups is 2. The van der Waals surface area contributed by atoms with Crippen molar-refractivity contribution in [3.63, 3.8) is 0 Å². The Hall–Kier alpha value is -3.14. The van der Waals surface area contributed by atoms with Crippen molar-refractivity contribution in [1.29, 1.82) is 0 Å². The zero-order valence-corrected chi connectivity index (χ0v) is 15.2. The number of carbonyl (C=O) groups excluding carboxylic acids is 2. The van der Waals surface area contributed by atoms with Gasteiger partial charge in [0.25, 0.3) is 11.8 Å². The van der Waals surface area contributed by atoms with Crippen LogP contribution in [0.5, 0.6) is 0 Å². The van der Waals surface area contributed by atoms with Gasteiger partial charge in [-0.15, -0.1) is 0 Å². The van der Waals surface area contributed by atoms with Gasteiger partial charge in [0, 0.05) is 29.9 Å². The molecule has 27 heavy (non-hydrogen) atoms. The topological polar surface area (TPSA) is 49.4 Å². The summed E-state index contributed by atoms with van der Waals surface area (Å²) in [6.45, 7) is 1.62. The lowest BCUT2D eigenvalue weighted by atomic mass is 10.0. The highest BCUT2D eigenvalue weighted by Gasteiger charge is 2.18. The number of fused-ring (bicyclic) bond motifs is 1. The third-order valence-corrected chi connectivity index (χ3v) is 5.04. The molecular weight excluding hydrogens is 336 g/mol. The van der Waals surface area contributed by atoms with Crippen molar-refractivity contribution in [2.45, 2.75) is 19.3 Å². The highest BCUT2D eigenvalue weighted by Crippen LogP contribution is 2.21. The molecule has 0 radical (unpaired) electrons. The number of rotatable bonds is 3. The maximum Gasteiger partial charge on any atom is 0.256 e. The van der Waals surface area contributed by atoms with Gasteiger partial charge in [0.05, 0.1) is 0 Å². The van der Waals surface area contributed by atoms with E-state index >= 15 is 0 Å². The molecule has 1 aliphatic rings. The van der Waals surface area contributed by atoms with E-state index in [0.717, 1.165) is 36.7 Å². The van der Waals surface area contributed by atoms with Crippen LogP contribution >= 0.6 is 0 Å². The van der Waals surface area contributed by atoms with E-state index < -0.39 is 0 Å². The lowest BCUT2D eigenvalue weighted by Gasteiger charge is -2.26. The Bertz CT molecular complexity index is 985. The van der Waals surface area contributed by atoms with Gasteiger partial charge in [0.2, 0.25) is 0 Å². The lowest BCUT2D eigenvalue weighted by Crippen LogP contribution is -2.35. The maximum absolute atomic E-state index is 12.8. The standard InChI is InChI=1S/C23H22N2O2/c26-22(21-13-7-9-17-8-2-3-12-20(17)21)24-19-11-6-10-18(16-19)23(27)25-14-4-1-5-15-25/h2-3,6-13,16H,1,4-5,14-15H2,(H,24,26). The van der Waals surface area contributed by atoms with Gasteiger partial charge in [-0.1, -0.05) is 42.5 Å². The van der Waals surface area contributed by atoms with Crippen molar-refractivity contribution >= 4 is 28.3 Å². The SMILES string of the molecule is O=C(Nc1cccc(C(=O)N2CCCCC2)c1)c1cccc2ccccc12. The van der Waals surface area contributed by atoms with E-state index in [4.69, 9.17) is 0 Å². The van der Waals surface area contributed by atoms with Crippen molar-refractivity contribution in [2.75, 3.05) is 18.4 Å². The molecule has 1 saturated heterocycles.